The third kappa shape index (κ3) is 5.72. The normalized spacial score (nSPS) is 15.4. The van der Waals surface area contributed by atoms with Gasteiger partial charge < -0.3 is 10.6 Å². The predicted octanol–water partition coefficient (Wildman–Crippen LogP) is 4.04. The van der Waals surface area contributed by atoms with Gasteiger partial charge in [-0.25, -0.2) is 20.0 Å². The molecular formula is C19H22ClFN6. The number of aliphatic imine (C=N–C) groups is 2. The quantitative estimate of drug-likeness (QED) is 0.445. The van der Waals surface area contributed by atoms with Crippen LogP contribution in [0.25, 0.3) is 0 Å². The minimum atomic E-state index is -0.511. The maximum absolute atomic E-state index is 12.9. The molecule has 2 N–H and O–H groups in total. The van der Waals surface area contributed by atoms with E-state index in [0.29, 0.717) is 35.9 Å². The van der Waals surface area contributed by atoms with Crippen LogP contribution in [0.1, 0.15) is 38.3 Å². The van der Waals surface area contributed by atoms with E-state index in [1.54, 1.807) is 12.1 Å². The molecule has 0 amide bonds. The number of anilines is 1. The number of nitrogens with one attached hydrogen (secondary N) is 2. The lowest BCUT2D eigenvalue weighted by atomic mass is 9.93. The monoisotopic (exact) mass is 388 g/mol. The fourth-order valence-electron chi connectivity index (χ4n) is 2.55. The number of guanidine groups is 1. The highest BCUT2D eigenvalue weighted by molar-refractivity contribution is 6.29. The maximum Gasteiger partial charge on any atom is 0.220 e. The molecule has 2 aromatic rings. The van der Waals surface area contributed by atoms with Gasteiger partial charge in [0.25, 0.3) is 0 Å². The highest BCUT2D eigenvalue weighted by Crippen LogP contribution is 2.18. The van der Waals surface area contributed by atoms with Crippen molar-refractivity contribution in [3.63, 3.8) is 0 Å². The van der Waals surface area contributed by atoms with Crippen LogP contribution in [0, 0.1) is 5.95 Å². The van der Waals surface area contributed by atoms with Crippen LogP contribution >= 0.6 is 11.6 Å². The molecule has 3 rings (SSSR count). The zero-order valence-electron chi connectivity index (χ0n) is 15.1. The molecule has 0 aliphatic heterocycles. The van der Waals surface area contributed by atoms with E-state index in [1.807, 2.05) is 19.1 Å². The number of hydrogen-bond donors (Lipinski definition) is 2. The second-order valence-electron chi connectivity index (χ2n) is 6.22. The van der Waals surface area contributed by atoms with Crippen molar-refractivity contribution in [2.24, 2.45) is 9.98 Å². The highest BCUT2D eigenvalue weighted by atomic mass is 35.5. The van der Waals surface area contributed by atoms with E-state index in [4.69, 9.17) is 16.6 Å². The molecular weight excluding hydrogens is 367 g/mol. The summed E-state index contributed by atoms with van der Waals surface area (Å²) in [6.45, 7) is 2.32. The van der Waals surface area contributed by atoms with Gasteiger partial charge in [0.2, 0.25) is 11.9 Å². The molecule has 0 saturated heterocycles. The molecule has 0 bridgehead atoms. The van der Waals surface area contributed by atoms with Crippen LogP contribution < -0.4 is 10.6 Å². The average Bonchev–Trinajstić information content (AvgIpc) is 2.63. The Balaban J connectivity index is 1.75. The lowest BCUT2D eigenvalue weighted by molar-refractivity contribution is 0.382. The van der Waals surface area contributed by atoms with Gasteiger partial charge in [0.1, 0.15) is 11.8 Å². The Morgan fingerprint density at radius 2 is 2.15 bits per heavy atom. The first-order valence-corrected chi connectivity index (χ1v) is 9.38. The van der Waals surface area contributed by atoms with Crippen molar-refractivity contribution >= 4 is 29.0 Å². The maximum atomic E-state index is 12.9. The minimum absolute atomic E-state index is 0.297. The topological polar surface area (TPSA) is 74.6 Å². The predicted molar refractivity (Wildman–Crippen MR) is 107 cm³/mol. The summed E-state index contributed by atoms with van der Waals surface area (Å²) in [5.41, 5.74) is 2.25. The number of nitrogens with zero attached hydrogens (tertiary/aromatic N) is 4. The Kier molecular flexibility index (Phi) is 6.70. The second-order valence-corrected chi connectivity index (χ2v) is 6.60. The number of halogens is 2. The second kappa shape index (κ2) is 9.41. The van der Waals surface area contributed by atoms with E-state index in [9.17, 15) is 4.39 Å². The van der Waals surface area contributed by atoms with Crippen LogP contribution in [-0.2, 0) is 0 Å². The molecule has 0 spiro atoms. The van der Waals surface area contributed by atoms with Crippen molar-refractivity contribution in [2.75, 3.05) is 12.0 Å². The standard InChI is InChI=1S/C19H22ClFN6/c1-2-15(16-7-4-8-17(20)26-16)27-19(25-13-5-3-6-13)24-12-23-14-9-10-18(21)22-11-14/h4,7-11,13,23H,2-3,5-6,12H2,1H3,(H,24,25). The van der Waals surface area contributed by atoms with Gasteiger partial charge in [0, 0.05) is 6.04 Å². The van der Waals surface area contributed by atoms with Gasteiger partial charge in [0.15, 0.2) is 0 Å². The van der Waals surface area contributed by atoms with Gasteiger partial charge >= 0.3 is 0 Å². The average molecular weight is 389 g/mol. The third-order valence-electron chi connectivity index (χ3n) is 4.26. The fourth-order valence-corrected chi connectivity index (χ4v) is 2.71. The van der Waals surface area contributed by atoms with Crippen LogP contribution in [0.4, 0.5) is 10.1 Å². The molecule has 0 atom stereocenters. The lowest BCUT2D eigenvalue weighted by Crippen LogP contribution is -2.39. The van der Waals surface area contributed by atoms with Crippen molar-refractivity contribution in [1.29, 1.82) is 0 Å². The smallest absolute Gasteiger partial charge is 0.220 e. The summed E-state index contributed by atoms with van der Waals surface area (Å²) in [6.07, 6.45) is 5.57. The summed E-state index contributed by atoms with van der Waals surface area (Å²) in [4.78, 5) is 17.2. The Morgan fingerprint density at radius 3 is 2.78 bits per heavy atom. The molecule has 1 fully saturated rings. The third-order valence-corrected chi connectivity index (χ3v) is 4.47. The SMILES string of the molecule is CCC(=NC(=NCNc1ccc(F)nc1)NC1CCC1)c1cccc(Cl)n1. The zero-order valence-corrected chi connectivity index (χ0v) is 15.9. The van der Waals surface area contributed by atoms with E-state index >= 15 is 0 Å². The van der Waals surface area contributed by atoms with Crippen LogP contribution in [0.15, 0.2) is 46.5 Å². The first-order valence-electron chi connectivity index (χ1n) is 9.01. The molecule has 1 saturated carbocycles. The van der Waals surface area contributed by atoms with Crippen molar-refractivity contribution in [2.45, 2.75) is 38.6 Å². The highest BCUT2D eigenvalue weighted by Gasteiger charge is 2.18. The molecule has 1 aliphatic rings. The van der Waals surface area contributed by atoms with E-state index in [1.165, 1.54) is 18.7 Å². The van der Waals surface area contributed by atoms with Gasteiger partial charge in [-0.2, -0.15) is 4.39 Å². The summed E-state index contributed by atoms with van der Waals surface area (Å²) >= 11 is 6.01. The van der Waals surface area contributed by atoms with Crippen LogP contribution in [0.2, 0.25) is 5.15 Å². The molecule has 6 nitrogen and oxygen atoms in total. The molecule has 2 heterocycles. The van der Waals surface area contributed by atoms with Crippen molar-refractivity contribution in [1.82, 2.24) is 15.3 Å². The molecule has 1 aliphatic carbocycles. The van der Waals surface area contributed by atoms with Gasteiger partial charge in [-0.05, 0) is 49.9 Å². The number of aromatic nitrogens is 2. The van der Waals surface area contributed by atoms with Crippen molar-refractivity contribution in [3.8, 4) is 0 Å². The molecule has 8 heteroatoms. The van der Waals surface area contributed by atoms with E-state index in [0.717, 1.165) is 24.2 Å². The summed E-state index contributed by atoms with van der Waals surface area (Å²) < 4.78 is 12.9. The van der Waals surface area contributed by atoms with E-state index in [2.05, 4.69) is 25.6 Å². The first kappa shape index (κ1) is 19.2. The summed E-state index contributed by atoms with van der Waals surface area (Å²) in [6, 6.07) is 8.80. The van der Waals surface area contributed by atoms with Gasteiger partial charge in [-0.3, -0.25) is 0 Å². The number of hydrogen-bond acceptors (Lipinski definition) is 4. The lowest BCUT2D eigenvalue weighted by Gasteiger charge is -2.27. The minimum Gasteiger partial charge on any atom is -0.365 e. The van der Waals surface area contributed by atoms with Crippen molar-refractivity contribution in [3.05, 3.63) is 53.3 Å². The summed E-state index contributed by atoms with van der Waals surface area (Å²) in [5, 5.41) is 6.91. The van der Waals surface area contributed by atoms with Gasteiger partial charge in [-0.1, -0.05) is 24.6 Å². The fraction of sp³-hybridized carbons (Fsp3) is 0.368. The Bertz CT molecular complexity index is 817. The van der Waals surface area contributed by atoms with E-state index in [-0.39, 0.29) is 0 Å². The largest absolute Gasteiger partial charge is 0.365 e. The number of pyridine rings is 2. The Morgan fingerprint density at radius 1 is 1.30 bits per heavy atom. The first-order chi connectivity index (χ1) is 13.1. The Hall–Kier alpha value is -2.54. The van der Waals surface area contributed by atoms with Crippen LogP contribution in [0.5, 0.6) is 0 Å². The van der Waals surface area contributed by atoms with Gasteiger partial charge in [0.05, 0.1) is 23.3 Å². The summed E-state index contributed by atoms with van der Waals surface area (Å²) in [5.74, 6) is 0.0449. The molecule has 0 unspecified atom stereocenters. The van der Waals surface area contributed by atoms with Crippen LogP contribution in [0.3, 0.4) is 0 Å². The van der Waals surface area contributed by atoms with Gasteiger partial charge in [-0.15, -0.1) is 0 Å². The molecule has 2 aromatic heterocycles. The Labute approximate surface area is 163 Å². The zero-order chi connectivity index (χ0) is 19.1. The molecule has 0 radical (unpaired) electrons. The van der Waals surface area contributed by atoms with Crippen molar-refractivity contribution < 1.29 is 4.39 Å². The molecule has 0 aromatic carbocycles. The summed E-state index contributed by atoms with van der Waals surface area (Å²) in [7, 11) is 0. The molecule has 142 valence electrons. The van der Waals surface area contributed by atoms with Crippen LogP contribution in [-0.4, -0.2) is 34.3 Å². The molecule has 27 heavy (non-hydrogen) atoms. The van der Waals surface area contributed by atoms with E-state index < -0.39 is 5.95 Å². The number of rotatable bonds is 6.